The monoisotopic (exact) mass is 182 g/mol. The van der Waals surface area contributed by atoms with Crippen LogP contribution in [-0.2, 0) is 6.42 Å². The first-order valence-corrected chi connectivity index (χ1v) is 4.34. The predicted octanol–water partition coefficient (Wildman–Crippen LogP) is 1.75. The molecule has 2 nitrogen and oxygen atoms in total. The third kappa shape index (κ3) is 3.11. The number of pyridine rings is 1. The maximum atomic E-state index is 12.5. The minimum absolute atomic E-state index is 0.0551. The fourth-order valence-corrected chi connectivity index (χ4v) is 1.14. The van der Waals surface area contributed by atoms with Gasteiger partial charge in [-0.2, -0.15) is 4.39 Å². The topological polar surface area (TPSA) is 38.9 Å². The van der Waals surface area contributed by atoms with Crippen LogP contribution in [0.3, 0.4) is 0 Å². The number of aromatic nitrogens is 1. The summed E-state index contributed by atoms with van der Waals surface area (Å²) in [6, 6.07) is 3.13. The Kier molecular flexibility index (Phi) is 2.98. The summed E-state index contributed by atoms with van der Waals surface area (Å²) >= 11 is 0. The van der Waals surface area contributed by atoms with Crippen LogP contribution >= 0.6 is 0 Å². The zero-order valence-corrected chi connectivity index (χ0v) is 8.05. The van der Waals surface area contributed by atoms with E-state index in [1.807, 2.05) is 0 Å². The Morgan fingerprint density at radius 2 is 2.15 bits per heavy atom. The van der Waals surface area contributed by atoms with Crippen LogP contribution in [0.4, 0.5) is 4.39 Å². The molecular formula is C10H15FN2. The summed E-state index contributed by atoms with van der Waals surface area (Å²) in [4.78, 5) is 3.59. The van der Waals surface area contributed by atoms with Gasteiger partial charge in [-0.25, -0.2) is 4.98 Å². The molecule has 0 aliphatic rings. The Labute approximate surface area is 78.0 Å². The van der Waals surface area contributed by atoms with Crippen LogP contribution in [0, 0.1) is 11.4 Å². The number of nitrogens with zero attached hydrogens (tertiary/aromatic N) is 1. The molecule has 0 unspecified atom stereocenters. The second-order valence-electron chi connectivity index (χ2n) is 4.03. The van der Waals surface area contributed by atoms with Crippen molar-refractivity contribution in [3.8, 4) is 0 Å². The first kappa shape index (κ1) is 10.1. The van der Waals surface area contributed by atoms with Gasteiger partial charge in [0, 0.05) is 6.20 Å². The summed E-state index contributed by atoms with van der Waals surface area (Å²) in [6.07, 6.45) is 2.39. The Balaban J connectivity index is 2.69. The van der Waals surface area contributed by atoms with E-state index < -0.39 is 5.95 Å². The maximum absolute atomic E-state index is 12.5. The number of nitrogens with two attached hydrogens (primary N) is 1. The van der Waals surface area contributed by atoms with Gasteiger partial charge < -0.3 is 5.73 Å². The van der Waals surface area contributed by atoms with Crippen LogP contribution < -0.4 is 5.73 Å². The summed E-state index contributed by atoms with van der Waals surface area (Å²) in [5.41, 5.74) is 6.67. The van der Waals surface area contributed by atoms with Crippen LogP contribution in [0.2, 0.25) is 0 Å². The number of rotatable bonds is 3. The highest BCUT2D eigenvalue weighted by Crippen LogP contribution is 2.19. The molecule has 0 aliphatic heterocycles. The van der Waals surface area contributed by atoms with Crippen LogP contribution in [0.1, 0.15) is 19.4 Å². The lowest BCUT2D eigenvalue weighted by atomic mass is 9.86. The van der Waals surface area contributed by atoms with Gasteiger partial charge in [0.2, 0.25) is 5.95 Å². The molecule has 1 rings (SSSR count). The smallest absolute Gasteiger partial charge is 0.212 e. The van der Waals surface area contributed by atoms with Gasteiger partial charge in [-0.15, -0.1) is 0 Å². The van der Waals surface area contributed by atoms with E-state index in [1.54, 1.807) is 12.3 Å². The van der Waals surface area contributed by atoms with E-state index in [0.717, 1.165) is 12.0 Å². The molecule has 0 spiro atoms. The molecule has 1 aromatic heterocycles. The Bertz CT molecular complexity index is 267. The quantitative estimate of drug-likeness (QED) is 0.723. The van der Waals surface area contributed by atoms with Crippen molar-refractivity contribution in [2.75, 3.05) is 6.54 Å². The van der Waals surface area contributed by atoms with Crippen LogP contribution in [0.15, 0.2) is 18.3 Å². The molecule has 0 amide bonds. The Morgan fingerprint density at radius 3 is 2.62 bits per heavy atom. The Morgan fingerprint density at radius 1 is 1.46 bits per heavy atom. The molecule has 72 valence electrons. The summed E-state index contributed by atoms with van der Waals surface area (Å²) in [6.45, 7) is 4.77. The van der Waals surface area contributed by atoms with Crippen molar-refractivity contribution >= 4 is 0 Å². The van der Waals surface area contributed by atoms with E-state index in [1.165, 1.54) is 6.07 Å². The van der Waals surface area contributed by atoms with Crippen LogP contribution in [-0.4, -0.2) is 11.5 Å². The third-order valence-corrected chi connectivity index (χ3v) is 2.02. The SMILES string of the molecule is CC(C)(CN)Cc1ccc(F)nc1. The molecular weight excluding hydrogens is 167 g/mol. The molecule has 1 heterocycles. The van der Waals surface area contributed by atoms with Crippen LogP contribution in [0.25, 0.3) is 0 Å². The van der Waals surface area contributed by atoms with Crippen molar-refractivity contribution < 1.29 is 4.39 Å². The second-order valence-corrected chi connectivity index (χ2v) is 4.03. The molecule has 0 bridgehead atoms. The summed E-state index contributed by atoms with van der Waals surface area (Å²) in [7, 11) is 0. The lowest BCUT2D eigenvalue weighted by Crippen LogP contribution is -2.25. The molecule has 0 atom stereocenters. The van der Waals surface area contributed by atoms with E-state index in [9.17, 15) is 4.39 Å². The van der Waals surface area contributed by atoms with E-state index in [2.05, 4.69) is 18.8 Å². The predicted molar refractivity (Wildman–Crippen MR) is 50.7 cm³/mol. The van der Waals surface area contributed by atoms with E-state index in [-0.39, 0.29) is 5.41 Å². The number of hydrogen-bond donors (Lipinski definition) is 1. The molecule has 0 fully saturated rings. The van der Waals surface area contributed by atoms with Gasteiger partial charge in [0.25, 0.3) is 0 Å². The maximum Gasteiger partial charge on any atom is 0.212 e. The summed E-state index contributed by atoms with van der Waals surface area (Å²) < 4.78 is 12.5. The second kappa shape index (κ2) is 3.83. The minimum atomic E-state index is -0.436. The lowest BCUT2D eigenvalue weighted by Gasteiger charge is -2.21. The van der Waals surface area contributed by atoms with Crippen molar-refractivity contribution in [2.24, 2.45) is 11.1 Å². The third-order valence-electron chi connectivity index (χ3n) is 2.02. The fourth-order valence-electron chi connectivity index (χ4n) is 1.14. The molecule has 0 aromatic carbocycles. The van der Waals surface area contributed by atoms with Gasteiger partial charge in [-0.1, -0.05) is 19.9 Å². The molecule has 0 radical (unpaired) electrons. The van der Waals surface area contributed by atoms with Crippen LogP contribution in [0.5, 0.6) is 0 Å². The van der Waals surface area contributed by atoms with Gasteiger partial charge in [0.15, 0.2) is 0 Å². The average molecular weight is 182 g/mol. The lowest BCUT2D eigenvalue weighted by molar-refractivity contribution is 0.376. The average Bonchev–Trinajstić information content (AvgIpc) is 2.09. The van der Waals surface area contributed by atoms with E-state index in [0.29, 0.717) is 6.54 Å². The van der Waals surface area contributed by atoms with E-state index >= 15 is 0 Å². The molecule has 0 aliphatic carbocycles. The van der Waals surface area contributed by atoms with Gasteiger partial charge in [0.1, 0.15) is 0 Å². The highest BCUT2D eigenvalue weighted by Gasteiger charge is 2.16. The highest BCUT2D eigenvalue weighted by molar-refractivity contribution is 5.11. The number of halogens is 1. The minimum Gasteiger partial charge on any atom is -0.330 e. The zero-order chi connectivity index (χ0) is 9.90. The van der Waals surface area contributed by atoms with E-state index in [4.69, 9.17) is 5.73 Å². The highest BCUT2D eigenvalue weighted by atomic mass is 19.1. The van der Waals surface area contributed by atoms with Gasteiger partial charge in [0.05, 0.1) is 0 Å². The number of hydrogen-bond acceptors (Lipinski definition) is 2. The molecule has 2 N–H and O–H groups in total. The van der Waals surface area contributed by atoms with Crippen molar-refractivity contribution in [1.82, 2.24) is 4.98 Å². The molecule has 0 saturated carbocycles. The van der Waals surface area contributed by atoms with Gasteiger partial charge >= 0.3 is 0 Å². The molecule has 13 heavy (non-hydrogen) atoms. The normalized spacial score (nSPS) is 11.7. The van der Waals surface area contributed by atoms with Crippen molar-refractivity contribution in [3.63, 3.8) is 0 Å². The molecule has 1 aromatic rings. The summed E-state index contributed by atoms with van der Waals surface area (Å²) in [5, 5.41) is 0. The molecule has 0 saturated heterocycles. The van der Waals surface area contributed by atoms with Crippen molar-refractivity contribution in [1.29, 1.82) is 0 Å². The fraction of sp³-hybridized carbons (Fsp3) is 0.500. The summed E-state index contributed by atoms with van der Waals surface area (Å²) in [5.74, 6) is -0.436. The van der Waals surface area contributed by atoms with Gasteiger partial charge in [-0.05, 0) is 30.0 Å². The Hall–Kier alpha value is -0.960. The molecule has 3 heteroatoms. The largest absolute Gasteiger partial charge is 0.330 e. The first-order valence-electron chi connectivity index (χ1n) is 4.34. The van der Waals surface area contributed by atoms with Crippen molar-refractivity contribution in [2.45, 2.75) is 20.3 Å². The zero-order valence-electron chi connectivity index (χ0n) is 8.05. The standard InChI is InChI=1S/C10H15FN2/c1-10(2,7-12)5-8-3-4-9(11)13-6-8/h3-4,6H,5,7,12H2,1-2H3. The van der Waals surface area contributed by atoms with Gasteiger partial charge in [-0.3, -0.25) is 0 Å². The van der Waals surface area contributed by atoms with Crippen molar-refractivity contribution in [3.05, 3.63) is 29.8 Å². The first-order chi connectivity index (χ1) is 6.03.